The molecular weight excluding hydrogens is 226 g/mol. The first kappa shape index (κ1) is 11.4. The summed E-state index contributed by atoms with van der Waals surface area (Å²) in [5.41, 5.74) is 0.827. The van der Waals surface area contributed by atoms with E-state index < -0.39 is 6.10 Å². The number of hydrogen-bond donors (Lipinski definition) is 1. The highest BCUT2D eigenvalue weighted by atomic mass is 35.5. The molecule has 3 nitrogen and oxygen atoms in total. The highest BCUT2D eigenvalue weighted by Crippen LogP contribution is 2.20. The van der Waals surface area contributed by atoms with Crippen molar-refractivity contribution >= 4 is 17.5 Å². The molecule has 0 aliphatic carbocycles. The second kappa shape index (κ2) is 4.85. The van der Waals surface area contributed by atoms with Gasteiger partial charge in [-0.15, -0.1) is 11.6 Å². The predicted octanol–water partition coefficient (Wildman–Crippen LogP) is 1.56. The second-order valence-electron chi connectivity index (χ2n) is 4.03. The van der Waals surface area contributed by atoms with Crippen LogP contribution in [0.3, 0.4) is 0 Å². The number of benzene rings is 1. The summed E-state index contributed by atoms with van der Waals surface area (Å²) in [5, 5.41) is 9.83. The van der Waals surface area contributed by atoms with Crippen LogP contribution in [0.4, 0.5) is 0 Å². The maximum absolute atomic E-state index is 11.5. The molecule has 1 aliphatic heterocycles. The van der Waals surface area contributed by atoms with Gasteiger partial charge in [0.25, 0.3) is 0 Å². The van der Waals surface area contributed by atoms with Gasteiger partial charge in [0.1, 0.15) is 0 Å². The monoisotopic (exact) mass is 239 g/mol. The summed E-state index contributed by atoms with van der Waals surface area (Å²) >= 11 is 5.89. The summed E-state index contributed by atoms with van der Waals surface area (Å²) in [6.45, 7) is 0.857. The van der Waals surface area contributed by atoms with E-state index in [4.69, 9.17) is 11.6 Å². The molecule has 1 amide bonds. The SMILES string of the molecule is O=C1CC(Cl)CN1CC(O)c1ccccc1. The molecule has 1 saturated heterocycles. The first-order valence-electron chi connectivity index (χ1n) is 5.31. The Labute approximate surface area is 99.6 Å². The molecule has 16 heavy (non-hydrogen) atoms. The van der Waals surface area contributed by atoms with Crippen molar-refractivity contribution in [3.05, 3.63) is 35.9 Å². The molecular formula is C12H14ClNO2. The largest absolute Gasteiger partial charge is 0.387 e. The fourth-order valence-corrected chi connectivity index (χ4v) is 2.19. The molecule has 1 aliphatic rings. The number of carbonyl (C=O) groups is 1. The minimum absolute atomic E-state index is 0.0231. The van der Waals surface area contributed by atoms with Crippen LogP contribution in [0.25, 0.3) is 0 Å². The van der Waals surface area contributed by atoms with E-state index in [2.05, 4.69) is 0 Å². The Morgan fingerprint density at radius 2 is 2.12 bits per heavy atom. The van der Waals surface area contributed by atoms with Gasteiger partial charge in [-0.05, 0) is 5.56 Å². The molecule has 4 heteroatoms. The van der Waals surface area contributed by atoms with E-state index in [9.17, 15) is 9.90 Å². The third-order valence-electron chi connectivity index (χ3n) is 2.74. The summed E-state index contributed by atoms with van der Waals surface area (Å²) in [6, 6.07) is 9.34. The lowest BCUT2D eigenvalue weighted by molar-refractivity contribution is -0.128. The molecule has 86 valence electrons. The smallest absolute Gasteiger partial charge is 0.224 e. The molecule has 0 saturated carbocycles. The van der Waals surface area contributed by atoms with Crippen LogP contribution < -0.4 is 0 Å². The second-order valence-corrected chi connectivity index (χ2v) is 4.64. The zero-order valence-corrected chi connectivity index (χ0v) is 9.60. The predicted molar refractivity (Wildman–Crippen MR) is 62.2 cm³/mol. The van der Waals surface area contributed by atoms with Gasteiger partial charge in [0.05, 0.1) is 18.0 Å². The summed E-state index contributed by atoms with van der Waals surface area (Å²) in [7, 11) is 0. The molecule has 1 heterocycles. The summed E-state index contributed by atoms with van der Waals surface area (Å²) < 4.78 is 0. The van der Waals surface area contributed by atoms with Crippen molar-refractivity contribution in [2.45, 2.75) is 17.9 Å². The number of rotatable bonds is 3. The Bertz CT molecular complexity index is 369. The number of β-amino-alcohol motifs (C(OH)–C–C–N with tert-alkyl or cyclic N) is 1. The Hall–Kier alpha value is -1.06. The van der Waals surface area contributed by atoms with Crippen LogP contribution in [0.15, 0.2) is 30.3 Å². The summed E-state index contributed by atoms with van der Waals surface area (Å²) in [5.74, 6) is 0.0231. The average Bonchev–Trinajstić information content (AvgIpc) is 2.59. The lowest BCUT2D eigenvalue weighted by Crippen LogP contribution is -2.30. The van der Waals surface area contributed by atoms with Gasteiger partial charge in [-0.1, -0.05) is 30.3 Å². The van der Waals surface area contributed by atoms with Crippen molar-refractivity contribution in [2.24, 2.45) is 0 Å². The van der Waals surface area contributed by atoms with Gasteiger partial charge < -0.3 is 10.0 Å². The fourth-order valence-electron chi connectivity index (χ4n) is 1.89. The number of aliphatic hydroxyl groups is 1. The average molecular weight is 240 g/mol. The number of amides is 1. The number of nitrogens with zero attached hydrogens (tertiary/aromatic N) is 1. The molecule has 0 aromatic heterocycles. The van der Waals surface area contributed by atoms with Crippen molar-refractivity contribution in [3.8, 4) is 0 Å². The number of halogens is 1. The molecule has 1 N–H and O–H groups in total. The van der Waals surface area contributed by atoms with Gasteiger partial charge in [-0.25, -0.2) is 0 Å². The lowest BCUT2D eigenvalue weighted by atomic mass is 10.1. The van der Waals surface area contributed by atoms with Crippen LogP contribution in [0.1, 0.15) is 18.1 Å². The number of hydrogen-bond acceptors (Lipinski definition) is 2. The lowest BCUT2D eigenvalue weighted by Gasteiger charge is -2.20. The molecule has 2 rings (SSSR count). The zero-order chi connectivity index (χ0) is 11.5. The normalized spacial score (nSPS) is 22.5. The summed E-state index contributed by atoms with van der Waals surface area (Å²) in [6.07, 6.45) is -0.254. The third-order valence-corrected chi connectivity index (χ3v) is 3.04. The standard InChI is InChI=1S/C12H14ClNO2/c13-10-6-12(16)14(7-10)8-11(15)9-4-2-1-3-5-9/h1-5,10-11,15H,6-8H2. The topological polar surface area (TPSA) is 40.5 Å². The Balaban J connectivity index is 1.98. The van der Waals surface area contributed by atoms with E-state index in [1.54, 1.807) is 4.90 Å². The van der Waals surface area contributed by atoms with E-state index in [1.807, 2.05) is 30.3 Å². The van der Waals surface area contributed by atoms with Crippen molar-refractivity contribution in [2.75, 3.05) is 13.1 Å². The number of alkyl halides is 1. The molecule has 1 fully saturated rings. The molecule has 0 radical (unpaired) electrons. The van der Waals surface area contributed by atoms with Crippen LogP contribution in [-0.2, 0) is 4.79 Å². The third kappa shape index (κ3) is 2.54. The molecule has 1 aromatic carbocycles. The Kier molecular flexibility index (Phi) is 3.46. The Morgan fingerprint density at radius 3 is 2.69 bits per heavy atom. The van der Waals surface area contributed by atoms with Crippen LogP contribution in [0.2, 0.25) is 0 Å². The molecule has 2 atom stereocenters. The van der Waals surface area contributed by atoms with E-state index in [0.29, 0.717) is 19.5 Å². The van der Waals surface area contributed by atoms with Crippen LogP contribution in [0, 0.1) is 0 Å². The molecule has 0 spiro atoms. The highest BCUT2D eigenvalue weighted by molar-refractivity contribution is 6.22. The fraction of sp³-hybridized carbons (Fsp3) is 0.417. The molecule has 2 unspecified atom stereocenters. The van der Waals surface area contributed by atoms with E-state index in [1.165, 1.54) is 0 Å². The van der Waals surface area contributed by atoms with Gasteiger partial charge in [0, 0.05) is 13.0 Å². The van der Waals surface area contributed by atoms with Gasteiger partial charge in [-0.3, -0.25) is 4.79 Å². The van der Waals surface area contributed by atoms with E-state index in [-0.39, 0.29) is 11.3 Å². The maximum Gasteiger partial charge on any atom is 0.224 e. The first-order valence-corrected chi connectivity index (χ1v) is 5.75. The van der Waals surface area contributed by atoms with Crippen molar-refractivity contribution < 1.29 is 9.90 Å². The van der Waals surface area contributed by atoms with Crippen LogP contribution in [-0.4, -0.2) is 34.4 Å². The number of aliphatic hydroxyl groups excluding tert-OH is 1. The van der Waals surface area contributed by atoms with Crippen molar-refractivity contribution in [3.63, 3.8) is 0 Å². The molecule has 0 bridgehead atoms. The first-order chi connectivity index (χ1) is 7.66. The minimum atomic E-state index is -0.632. The number of carbonyl (C=O) groups excluding carboxylic acids is 1. The summed E-state index contributed by atoms with van der Waals surface area (Å²) in [4.78, 5) is 13.1. The van der Waals surface area contributed by atoms with Gasteiger partial charge in [0.2, 0.25) is 5.91 Å². The van der Waals surface area contributed by atoms with Crippen molar-refractivity contribution in [1.29, 1.82) is 0 Å². The van der Waals surface area contributed by atoms with E-state index in [0.717, 1.165) is 5.56 Å². The van der Waals surface area contributed by atoms with Gasteiger partial charge in [-0.2, -0.15) is 0 Å². The maximum atomic E-state index is 11.5. The van der Waals surface area contributed by atoms with Crippen molar-refractivity contribution in [1.82, 2.24) is 4.90 Å². The van der Waals surface area contributed by atoms with Gasteiger partial charge in [0.15, 0.2) is 0 Å². The quantitative estimate of drug-likeness (QED) is 0.814. The molecule has 1 aromatic rings. The Morgan fingerprint density at radius 1 is 1.44 bits per heavy atom. The highest BCUT2D eigenvalue weighted by Gasteiger charge is 2.29. The van der Waals surface area contributed by atoms with Gasteiger partial charge >= 0.3 is 0 Å². The zero-order valence-electron chi connectivity index (χ0n) is 8.84. The minimum Gasteiger partial charge on any atom is -0.387 e. The van der Waals surface area contributed by atoms with Crippen LogP contribution >= 0.6 is 11.6 Å². The van der Waals surface area contributed by atoms with E-state index >= 15 is 0 Å². The van der Waals surface area contributed by atoms with Crippen LogP contribution in [0.5, 0.6) is 0 Å². The number of likely N-dealkylation sites (tertiary alicyclic amines) is 1.